The fourth-order valence-electron chi connectivity index (χ4n) is 5.03. The third-order valence-corrected chi connectivity index (χ3v) is 6.90. The Kier molecular flexibility index (Phi) is 4.98. The fourth-order valence-corrected chi connectivity index (χ4v) is 5.03. The van der Waals surface area contributed by atoms with Gasteiger partial charge in [0.15, 0.2) is 0 Å². The van der Waals surface area contributed by atoms with Crippen LogP contribution in [0.4, 0.5) is 0 Å². The number of amides is 1. The van der Waals surface area contributed by atoms with Crippen molar-refractivity contribution in [2.75, 3.05) is 26.2 Å². The quantitative estimate of drug-likeness (QED) is 0.653. The molecule has 1 aliphatic heterocycles. The first kappa shape index (κ1) is 19.6. The molecule has 0 unspecified atom stereocenters. The number of likely N-dealkylation sites (tertiary alicyclic amines) is 1. The summed E-state index contributed by atoms with van der Waals surface area (Å²) in [5, 5.41) is 7.68. The SMILES string of the molecule is O=C(NCCN1CCCC1)c1cnn(-c2ncc3c(n2)-c2ccccc2CC3)c1C1CC1. The Morgan fingerprint density at radius 3 is 2.72 bits per heavy atom. The van der Waals surface area contributed by atoms with Crippen LogP contribution in [0.15, 0.2) is 36.7 Å². The van der Waals surface area contributed by atoms with Crippen molar-refractivity contribution in [2.24, 2.45) is 0 Å². The van der Waals surface area contributed by atoms with Crippen LogP contribution in [-0.4, -0.2) is 56.7 Å². The molecule has 164 valence electrons. The third kappa shape index (κ3) is 3.60. The highest BCUT2D eigenvalue weighted by Crippen LogP contribution is 2.42. The number of hydrogen-bond acceptors (Lipinski definition) is 5. The number of nitrogens with one attached hydrogen (secondary N) is 1. The molecule has 2 aliphatic carbocycles. The van der Waals surface area contributed by atoms with Crippen molar-refractivity contribution in [1.82, 2.24) is 30.0 Å². The van der Waals surface area contributed by atoms with E-state index in [9.17, 15) is 4.79 Å². The summed E-state index contributed by atoms with van der Waals surface area (Å²) in [4.78, 5) is 25.0. The monoisotopic (exact) mass is 428 g/mol. The Balaban J connectivity index is 1.28. The lowest BCUT2D eigenvalue weighted by Gasteiger charge is -2.19. The summed E-state index contributed by atoms with van der Waals surface area (Å²) in [6.45, 7) is 3.85. The molecule has 6 rings (SSSR count). The minimum Gasteiger partial charge on any atom is -0.351 e. The molecular formula is C25H28N6O. The lowest BCUT2D eigenvalue weighted by Crippen LogP contribution is -2.33. The van der Waals surface area contributed by atoms with Gasteiger partial charge in [-0.3, -0.25) is 4.79 Å². The van der Waals surface area contributed by atoms with Gasteiger partial charge >= 0.3 is 0 Å². The van der Waals surface area contributed by atoms with Crippen molar-refractivity contribution in [3.63, 3.8) is 0 Å². The maximum atomic E-state index is 13.0. The Bertz CT molecular complexity index is 1160. The van der Waals surface area contributed by atoms with Gasteiger partial charge in [-0.2, -0.15) is 5.10 Å². The van der Waals surface area contributed by atoms with Gasteiger partial charge in [-0.25, -0.2) is 14.6 Å². The number of aryl methyl sites for hydroxylation is 2. The molecule has 1 saturated heterocycles. The number of rotatable bonds is 6. The highest BCUT2D eigenvalue weighted by Gasteiger charge is 2.34. The summed E-state index contributed by atoms with van der Waals surface area (Å²) in [5.74, 6) is 0.864. The molecule has 0 spiro atoms. The van der Waals surface area contributed by atoms with E-state index in [2.05, 4.69) is 44.6 Å². The molecule has 0 atom stereocenters. The van der Waals surface area contributed by atoms with Crippen molar-refractivity contribution >= 4 is 5.91 Å². The van der Waals surface area contributed by atoms with Gasteiger partial charge < -0.3 is 10.2 Å². The van der Waals surface area contributed by atoms with Gasteiger partial charge in [-0.15, -0.1) is 0 Å². The van der Waals surface area contributed by atoms with Crippen molar-refractivity contribution < 1.29 is 4.79 Å². The van der Waals surface area contributed by atoms with E-state index in [0.29, 0.717) is 24.0 Å². The lowest BCUT2D eigenvalue weighted by molar-refractivity contribution is 0.0948. The zero-order valence-corrected chi connectivity index (χ0v) is 18.3. The maximum Gasteiger partial charge on any atom is 0.254 e. The van der Waals surface area contributed by atoms with E-state index in [0.717, 1.165) is 56.7 Å². The van der Waals surface area contributed by atoms with Crippen molar-refractivity contribution in [3.05, 3.63) is 59.0 Å². The second-order valence-corrected chi connectivity index (χ2v) is 9.14. The Morgan fingerprint density at radius 1 is 1.06 bits per heavy atom. The molecule has 1 aromatic carbocycles. The van der Waals surface area contributed by atoms with Crippen molar-refractivity contribution in [1.29, 1.82) is 0 Å². The second kappa shape index (κ2) is 8.13. The van der Waals surface area contributed by atoms with Crippen LogP contribution in [0, 0.1) is 0 Å². The number of fused-ring (bicyclic) bond motifs is 3. The molecule has 1 N–H and O–H groups in total. The molecule has 0 radical (unpaired) electrons. The molecule has 7 nitrogen and oxygen atoms in total. The van der Waals surface area contributed by atoms with Crippen molar-refractivity contribution in [2.45, 2.75) is 44.4 Å². The molecule has 3 aromatic rings. The van der Waals surface area contributed by atoms with Gasteiger partial charge in [0.2, 0.25) is 0 Å². The van der Waals surface area contributed by atoms with Gasteiger partial charge in [-0.05, 0) is 62.7 Å². The largest absolute Gasteiger partial charge is 0.351 e. The Morgan fingerprint density at radius 2 is 1.88 bits per heavy atom. The van der Waals surface area contributed by atoms with Crippen LogP contribution < -0.4 is 5.32 Å². The summed E-state index contributed by atoms with van der Waals surface area (Å²) in [7, 11) is 0. The summed E-state index contributed by atoms with van der Waals surface area (Å²) in [6, 6.07) is 8.45. The first-order valence-corrected chi connectivity index (χ1v) is 11.8. The number of aromatic nitrogens is 4. The lowest BCUT2D eigenvalue weighted by atomic mass is 9.90. The normalized spacial score (nSPS) is 17.8. The van der Waals surface area contributed by atoms with Crippen LogP contribution in [0.5, 0.6) is 0 Å². The third-order valence-electron chi connectivity index (χ3n) is 6.90. The molecule has 2 aromatic heterocycles. The topological polar surface area (TPSA) is 75.9 Å². The molecule has 1 saturated carbocycles. The number of benzene rings is 1. The molecule has 32 heavy (non-hydrogen) atoms. The van der Waals surface area contributed by atoms with Gasteiger partial charge in [0.25, 0.3) is 11.9 Å². The number of nitrogens with zero attached hydrogens (tertiary/aromatic N) is 5. The van der Waals surface area contributed by atoms with Crippen LogP contribution >= 0.6 is 0 Å². The zero-order chi connectivity index (χ0) is 21.5. The Hall–Kier alpha value is -3.06. The van der Waals surface area contributed by atoms with Crippen LogP contribution in [-0.2, 0) is 12.8 Å². The molecular weight excluding hydrogens is 400 g/mol. The van der Waals surface area contributed by atoms with E-state index in [-0.39, 0.29) is 5.91 Å². The van der Waals surface area contributed by atoms with Gasteiger partial charge in [0, 0.05) is 30.8 Å². The number of carbonyl (C=O) groups excluding carboxylic acids is 1. The standard InChI is InChI=1S/C25H28N6O/c32-24(26-11-14-30-12-3-4-13-30)21-16-28-31(23(21)18-8-9-18)25-27-15-19-10-7-17-5-1-2-6-20(17)22(19)29-25/h1-2,5-6,15-16,18H,3-4,7-14H2,(H,26,32). The zero-order valence-electron chi connectivity index (χ0n) is 18.3. The van der Waals surface area contributed by atoms with E-state index in [4.69, 9.17) is 4.98 Å². The summed E-state index contributed by atoms with van der Waals surface area (Å²) >= 11 is 0. The van der Waals surface area contributed by atoms with E-state index >= 15 is 0 Å². The highest BCUT2D eigenvalue weighted by atomic mass is 16.1. The molecule has 0 bridgehead atoms. The van der Waals surface area contributed by atoms with E-state index < -0.39 is 0 Å². The fraction of sp³-hybridized carbons (Fsp3) is 0.440. The molecule has 3 heterocycles. The molecule has 3 aliphatic rings. The smallest absolute Gasteiger partial charge is 0.254 e. The first-order valence-electron chi connectivity index (χ1n) is 11.8. The summed E-state index contributed by atoms with van der Waals surface area (Å²) in [5.41, 5.74) is 6.28. The van der Waals surface area contributed by atoms with Crippen LogP contribution in [0.1, 0.15) is 58.8 Å². The maximum absolute atomic E-state index is 13.0. The van der Waals surface area contributed by atoms with Crippen molar-refractivity contribution in [3.8, 4) is 17.2 Å². The predicted molar refractivity (Wildman–Crippen MR) is 122 cm³/mol. The average molecular weight is 429 g/mol. The second-order valence-electron chi connectivity index (χ2n) is 9.14. The van der Waals surface area contributed by atoms with Gasteiger partial charge in [-0.1, -0.05) is 24.3 Å². The van der Waals surface area contributed by atoms with E-state index in [1.165, 1.54) is 29.5 Å². The van der Waals surface area contributed by atoms with Gasteiger partial charge in [0.05, 0.1) is 23.1 Å². The minimum atomic E-state index is -0.0411. The summed E-state index contributed by atoms with van der Waals surface area (Å²) < 4.78 is 1.80. The minimum absolute atomic E-state index is 0.0411. The van der Waals surface area contributed by atoms with Crippen LogP contribution in [0.2, 0.25) is 0 Å². The highest BCUT2D eigenvalue weighted by molar-refractivity contribution is 5.95. The van der Waals surface area contributed by atoms with E-state index in [1.807, 2.05) is 6.20 Å². The number of carbonyl (C=O) groups is 1. The summed E-state index contributed by atoms with van der Waals surface area (Å²) in [6.07, 6.45) is 10.3. The molecule has 7 heteroatoms. The average Bonchev–Trinajstić information content (AvgIpc) is 3.35. The van der Waals surface area contributed by atoms with Gasteiger partial charge in [0.1, 0.15) is 0 Å². The molecule has 2 fully saturated rings. The predicted octanol–water partition coefficient (Wildman–Crippen LogP) is 3.13. The Labute approximate surface area is 187 Å². The van der Waals surface area contributed by atoms with Crippen LogP contribution in [0.3, 0.4) is 0 Å². The van der Waals surface area contributed by atoms with Crippen LogP contribution in [0.25, 0.3) is 17.2 Å². The molecule has 1 amide bonds. The van der Waals surface area contributed by atoms with E-state index in [1.54, 1.807) is 10.9 Å². The first-order chi connectivity index (χ1) is 15.8. The number of hydrogen-bond donors (Lipinski definition) is 1.